The van der Waals surface area contributed by atoms with E-state index in [2.05, 4.69) is 21.2 Å². The topological polar surface area (TPSA) is 12.0 Å². The summed E-state index contributed by atoms with van der Waals surface area (Å²) in [7, 11) is 0. The van der Waals surface area contributed by atoms with Gasteiger partial charge in [0.05, 0.1) is 0 Å². The lowest BCUT2D eigenvalue weighted by Gasteiger charge is -2.21. The Bertz CT molecular complexity index is 82.2. The minimum absolute atomic E-state index is 0. The van der Waals surface area contributed by atoms with Crippen molar-refractivity contribution in [2.45, 2.75) is 25.7 Å². The van der Waals surface area contributed by atoms with Crippen molar-refractivity contribution in [1.29, 1.82) is 0 Å². The van der Waals surface area contributed by atoms with E-state index in [-0.39, 0.29) is 17.0 Å². The number of halogens is 2. The quantitative estimate of drug-likeness (QED) is 0.787. The smallest absolute Gasteiger partial charge is 0.00314 e. The van der Waals surface area contributed by atoms with Crippen LogP contribution in [0.5, 0.6) is 0 Å². The van der Waals surface area contributed by atoms with Crippen molar-refractivity contribution in [3.8, 4) is 0 Å². The molecule has 1 saturated heterocycles. The first-order valence-corrected chi connectivity index (χ1v) is 5.32. The van der Waals surface area contributed by atoms with Crippen LogP contribution < -0.4 is 5.32 Å². The van der Waals surface area contributed by atoms with Gasteiger partial charge in [0.2, 0.25) is 0 Å². The summed E-state index contributed by atoms with van der Waals surface area (Å²) in [4.78, 5) is 0. The summed E-state index contributed by atoms with van der Waals surface area (Å²) >= 11 is 3.46. The van der Waals surface area contributed by atoms with Crippen molar-refractivity contribution in [2.75, 3.05) is 18.4 Å². The van der Waals surface area contributed by atoms with Crippen molar-refractivity contribution < 1.29 is 0 Å². The molecule has 1 N–H and O–H groups in total. The highest BCUT2D eigenvalue weighted by Crippen LogP contribution is 2.17. The summed E-state index contributed by atoms with van der Waals surface area (Å²) in [5.74, 6) is 1.01. The van der Waals surface area contributed by atoms with Gasteiger partial charge in [0.25, 0.3) is 0 Å². The number of alkyl halides is 1. The number of piperidine rings is 1. The van der Waals surface area contributed by atoms with Crippen LogP contribution in [0.2, 0.25) is 0 Å². The van der Waals surface area contributed by atoms with Gasteiger partial charge in [-0.2, -0.15) is 0 Å². The largest absolute Gasteiger partial charge is 0.317 e. The molecule has 0 aliphatic carbocycles. The average molecular weight is 287 g/mol. The van der Waals surface area contributed by atoms with Crippen LogP contribution in [0.4, 0.5) is 0 Å². The van der Waals surface area contributed by atoms with Gasteiger partial charge in [0, 0.05) is 5.33 Å². The Hall–Kier alpha value is 0.920. The lowest BCUT2D eigenvalue weighted by atomic mass is 9.94. The standard InChI is InChI=1S/C8H16BrN.BrH/c9-5-1-2-8-3-6-10-7-4-8;/h8,10H,1-7H2;1H. The van der Waals surface area contributed by atoms with Crippen LogP contribution in [0.1, 0.15) is 25.7 Å². The Morgan fingerprint density at radius 2 is 1.91 bits per heavy atom. The molecule has 1 heterocycles. The van der Waals surface area contributed by atoms with Crippen molar-refractivity contribution in [1.82, 2.24) is 5.32 Å². The molecule has 0 saturated carbocycles. The van der Waals surface area contributed by atoms with Crippen LogP contribution in [0.3, 0.4) is 0 Å². The predicted octanol–water partition coefficient (Wildman–Crippen LogP) is 2.74. The van der Waals surface area contributed by atoms with Gasteiger partial charge in [-0.25, -0.2) is 0 Å². The monoisotopic (exact) mass is 285 g/mol. The van der Waals surface area contributed by atoms with Gasteiger partial charge < -0.3 is 5.32 Å². The van der Waals surface area contributed by atoms with Gasteiger partial charge in [-0.15, -0.1) is 17.0 Å². The predicted molar refractivity (Wildman–Crippen MR) is 58.9 cm³/mol. The third-order valence-corrected chi connectivity index (χ3v) is 2.77. The van der Waals surface area contributed by atoms with Gasteiger partial charge in [-0.3, -0.25) is 0 Å². The third kappa shape index (κ3) is 5.21. The molecule has 68 valence electrons. The second-order valence-corrected chi connectivity index (χ2v) is 3.82. The lowest BCUT2D eigenvalue weighted by Crippen LogP contribution is -2.27. The molecule has 0 atom stereocenters. The Kier molecular flexibility index (Phi) is 8.20. The summed E-state index contributed by atoms with van der Waals surface area (Å²) in [6.45, 7) is 2.49. The summed E-state index contributed by atoms with van der Waals surface area (Å²) in [6, 6.07) is 0. The first-order valence-electron chi connectivity index (χ1n) is 4.20. The van der Waals surface area contributed by atoms with E-state index in [0.717, 1.165) is 5.92 Å². The summed E-state index contributed by atoms with van der Waals surface area (Å²) in [6.07, 6.45) is 5.57. The Morgan fingerprint density at radius 1 is 1.27 bits per heavy atom. The molecule has 11 heavy (non-hydrogen) atoms. The van der Waals surface area contributed by atoms with Crippen molar-refractivity contribution in [2.24, 2.45) is 5.92 Å². The Balaban J connectivity index is 0.000001000. The summed E-state index contributed by atoms with van der Waals surface area (Å²) in [5, 5.41) is 4.56. The normalized spacial score (nSPS) is 19.4. The van der Waals surface area contributed by atoms with Crippen LogP contribution in [-0.4, -0.2) is 18.4 Å². The fourth-order valence-electron chi connectivity index (χ4n) is 1.54. The van der Waals surface area contributed by atoms with E-state index < -0.39 is 0 Å². The van der Waals surface area contributed by atoms with Crippen molar-refractivity contribution in [3.63, 3.8) is 0 Å². The first-order chi connectivity index (χ1) is 4.93. The molecule has 1 aliphatic rings. The molecule has 1 rings (SSSR count). The van der Waals surface area contributed by atoms with Crippen molar-refractivity contribution >= 4 is 32.9 Å². The molecular weight excluding hydrogens is 270 g/mol. The molecule has 1 fully saturated rings. The van der Waals surface area contributed by atoms with Crippen LogP contribution in [0.15, 0.2) is 0 Å². The molecule has 3 heteroatoms. The van der Waals surface area contributed by atoms with Gasteiger partial charge in [-0.1, -0.05) is 15.9 Å². The third-order valence-electron chi connectivity index (χ3n) is 2.20. The van der Waals surface area contributed by atoms with Crippen LogP contribution in [0.25, 0.3) is 0 Å². The maximum absolute atomic E-state index is 3.46. The minimum Gasteiger partial charge on any atom is -0.317 e. The highest BCUT2D eigenvalue weighted by molar-refractivity contribution is 9.09. The second kappa shape index (κ2) is 7.56. The number of hydrogen-bond acceptors (Lipinski definition) is 1. The molecule has 0 aromatic carbocycles. The van der Waals surface area contributed by atoms with Gasteiger partial charge in [0.1, 0.15) is 0 Å². The summed E-state index contributed by atoms with van der Waals surface area (Å²) < 4.78 is 0. The maximum atomic E-state index is 3.46. The number of hydrogen-bond donors (Lipinski definition) is 1. The lowest BCUT2D eigenvalue weighted by molar-refractivity contribution is 0.352. The van der Waals surface area contributed by atoms with Gasteiger partial charge in [-0.05, 0) is 44.7 Å². The zero-order chi connectivity index (χ0) is 7.23. The van der Waals surface area contributed by atoms with Gasteiger partial charge >= 0.3 is 0 Å². The van der Waals surface area contributed by atoms with E-state index in [1.54, 1.807) is 0 Å². The molecule has 1 nitrogen and oxygen atoms in total. The SMILES string of the molecule is Br.BrCCCC1CCNCC1. The molecule has 0 bridgehead atoms. The molecule has 0 radical (unpaired) electrons. The highest BCUT2D eigenvalue weighted by atomic mass is 79.9. The molecule has 1 aliphatic heterocycles. The average Bonchev–Trinajstić information content (AvgIpc) is 2.03. The van der Waals surface area contributed by atoms with E-state index in [1.807, 2.05) is 0 Å². The first kappa shape index (κ1) is 11.9. The second-order valence-electron chi connectivity index (χ2n) is 3.02. The van der Waals surface area contributed by atoms with E-state index >= 15 is 0 Å². The van der Waals surface area contributed by atoms with Gasteiger partial charge in [0.15, 0.2) is 0 Å². The Morgan fingerprint density at radius 3 is 2.45 bits per heavy atom. The molecular formula is C8H17Br2N. The van der Waals surface area contributed by atoms with E-state index in [0.29, 0.717) is 0 Å². The van der Waals surface area contributed by atoms with E-state index in [9.17, 15) is 0 Å². The van der Waals surface area contributed by atoms with E-state index in [1.165, 1.54) is 44.1 Å². The minimum atomic E-state index is 0. The Labute approximate surface area is 88.2 Å². The summed E-state index contributed by atoms with van der Waals surface area (Å²) in [5.41, 5.74) is 0. The van der Waals surface area contributed by atoms with Crippen LogP contribution in [-0.2, 0) is 0 Å². The van der Waals surface area contributed by atoms with Crippen LogP contribution >= 0.6 is 32.9 Å². The maximum Gasteiger partial charge on any atom is 0.00314 e. The molecule has 0 unspecified atom stereocenters. The molecule has 0 amide bonds. The number of rotatable bonds is 3. The van der Waals surface area contributed by atoms with Crippen molar-refractivity contribution in [3.05, 3.63) is 0 Å². The zero-order valence-corrected chi connectivity index (χ0v) is 10.1. The zero-order valence-electron chi connectivity index (χ0n) is 6.81. The fourth-order valence-corrected chi connectivity index (χ4v) is 1.86. The van der Waals surface area contributed by atoms with E-state index in [4.69, 9.17) is 0 Å². The fraction of sp³-hybridized carbons (Fsp3) is 1.00. The highest BCUT2D eigenvalue weighted by Gasteiger charge is 2.11. The molecule has 0 aromatic rings. The van der Waals surface area contributed by atoms with Crippen LogP contribution in [0, 0.1) is 5.92 Å². The number of nitrogens with one attached hydrogen (secondary N) is 1. The molecule has 0 aromatic heterocycles. The molecule has 0 spiro atoms.